The van der Waals surface area contributed by atoms with Crippen LogP contribution >= 0.6 is 0 Å². The second-order valence-corrected chi connectivity index (χ2v) is 9.29. The lowest BCUT2D eigenvalue weighted by Crippen LogP contribution is -2.03. The third-order valence-electron chi connectivity index (χ3n) is 6.33. The predicted octanol–water partition coefficient (Wildman–Crippen LogP) is 7.43. The first-order valence-electron chi connectivity index (χ1n) is 13.2. The Labute approximate surface area is 229 Å². The number of aromatic hydroxyl groups is 1. The van der Waals surface area contributed by atoms with E-state index < -0.39 is 5.97 Å². The zero-order valence-electron chi connectivity index (χ0n) is 21.9. The molecule has 202 valence electrons. The van der Waals surface area contributed by atoms with Crippen LogP contribution < -0.4 is 14.2 Å². The first kappa shape index (κ1) is 27.6. The van der Waals surface area contributed by atoms with E-state index in [2.05, 4.69) is 18.2 Å². The van der Waals surface area contributed by atoms with E-state index in [0.29, 0.717) is 25.6 Å². The van der Waals surface area contributed by atoms with Gasteiger partial charge in [0.15, 0.2) is 11.5 Å². The maximum Gasteiger partial charge on any atom is 0.339 e. The monoisotopic (exact) mass is 526 g/mol. The first-order chi connectivity index (χ1) is 19.1. The minimum atomic E-state index is -1.18. The van der Waals surface area contributed by atoms with E-state index in [1.165, 1.54) is 12.1 Å². The molecule has 0 saturated heterocycles. The molecular formula is C33H34O6. The van der Waals surface area contributed by atoms with Crippen molar-refractivity contribution in [2.24, 2.45) is 0 Å². The molecule has 0 spiro atoms. The van der Waals surface area contributed by atoms with Crippen LogP contribution in [0.2, 0.25) is 0 Å². The summed E-state index contributed by atoms with van der Waals surface area (Å²) in [6.45, 7) is 1.43. The fourth-order valence-corrected chi connectivity index (χ4v) is 4.24. The van der Waals surface area contributed by atoms with Crippen LogP contribution in [0.1, 0.15) is 52.7 Å². The van der Waals surface area contributed by atoms with Gasteiger partial charge in [-0.25, -0.2) is 4.79 Å². The molecule has 0 aliphatic carbocycles. The smallest absolute Gasteiger partial charge is 0.339 e. The van der Waals surface area contributed by atoms with Gasteiger partial charge in [0.2, 0.25) is 0 Å². The largest absolute Gasteiger partial charge is 0.507 e. The van der Waals surface area contributed by atoms with Crippen LogP contribution in [0.15, 0.2) is 97.1 Å². The van der Waals surface area contributed by atoms with Crippen molar-refractivity contribution in [2.45, 2.75) is 45.3 Å². The Balaban J connectivity index is 1.29. The van der Waals surface area contributed by atoms with E-state index in [9.17, 15) is 9.90 Å². The van der Waals surface area contributed by atoms with E-state index in [1.54, 1.807) is 6.07 Å². The Morgan fingerprint density at radius 2 is 1.33 bits per heavy atom. The van der Waals surface area contributed by atoms with Crippen molar-refractivity contribution in [2.75, 3.05) is 6.61 Å². The average molecular weight is 527 g/mol. The van der Waals surface area contributed by atoms with Crippen LogP contribution in [0.5, 0.6) is 23.0 Å². The highest BCUT2D eigenvalue weighted by molar-refractivity contribution is 5.91. The lowest BCUT2D eigenvalue weighted by atomic mass is 10.0. The van der Waals surface area contributed by atoms with Gasteiger partial charge in [0.05, 0.1) is 6.61 Å². The molecule has 4 aromatic rings. The van der Waals surface area contributed by atoms with Crippen molar-refractivity contribution in [3.8, 4) is 23.0 Å². The van der Waals surface area contributed by atoms with Crippen LogP contribution in [0.4, 0.5) is 0 Å². The van der Waals surface area contributed by atoms with E-state index in [1.807, 2.05) is 60.7 Å². The van der Waals surface area contributed by atoms with Crippen LogP contribution in [-0.2, 0) is 19.6 Å². The van der Waals surface area contributed by atoms with E-state index in [-0.39, 0.29) is 11.3 Å². The predicted molar refractivity (Wildman–Crippen MR) is 151 cm³/mol. The van der Waals surface area contributed by atoms with Gasteiger partial charge in [0, 0.05) is 0 Å². The highest BCUT2D eigenvalue weighted by Gasteiger charge is 2.13. The van der Waals surface area contributed by atoms with Gasteiger partial charge < -0.3 is 24.4 Å². The Morgan fingerprint density at radius 3 is 2.03 bits per heavy atom. The fraction of sp³-hybridized carbons (Fsp3) is 0.242. The minimum absolute atomic E-state index is 0.159. The summed E-state index contributed by atoms with van der Waals surface area (Å²) in [6, 6.07) is 30.6. The Bertz CT molecular complexity index is 1320. The van der Waals surface area contributed by atoms with Crippen molar-refractivity contribution in [3.05, 3.63) is 119 Å². The first-order valence-corrected chi connectivity index (χ1v) is 13.2. The molecule has 4 aromatic carbocycles. The molecule has 2 N–H and O–H groups in total. The molecular weight excluding hydrogens is 492 g/mol. The molecule has 0 fully saturated rings. The SMILES string of the molecule is O=C(O)c1cc(OCCCCCCc2cccc(OCc3ccccc3)c2OCc2ccccc2)ccc1O. The second-order valence-electron chi connectivity index (χ2n) is 9.29. The number of carboxylic acid groups (broad SMARTS) is 1. The normalized spacial score (nSPS) is 10.7. The Kier molecular flexibility index (Phi) is 10.2. The van der Waals surface area contributed by atoms with Crippen LogP contribution in [0.25, 0.3) is 0 Å². The summed E-state index contributed by atoms with van der Waals surface area (Å²) < 4.78 is 18.2. The number of phenols is 1. The summed E-state index contributed by atoms with van der Waals surface area (Å²) in [5.74, 6) is 0.534. The quantitative estimate of drug-likeness (QED) is 0.157. The van der Waals surface area contributed by atoms with Crippen molar-refractivity contribution in [1.82, 2.24) is 0 Å². The zero-order valence-corrected chi connectivity index (χ0v) is 21.9. The van der Waals surface area contributed by atoms with Gasteiger partial charge in [-0.3, -0.25) is 0 Å². The minimum Gasteiger partial charge on any atom is -0.507 e. The number of ether oxygens (including phenoxy) is 3. The molecule has 0 aliphatic rings. The summed E-state index contributed by atoms with van der Waals surface area (Å²) in [7, 11) is 0. The van der Waals surface area contributed by atoms with Crippen molar-refractivity contribution < 1.29 is 29.2 Å². The number of para-hydroxylation sites is 1. The van der Waals surface area contributed by atoms with Gasteiger partial charge in [0.1, 0.15) is 30.3 Å². The van der Waals surface area contributed by atoms with Crippen molar-refractivity contribution in [1.29, 1.82) is 0 Å². The van der Waals surface area contributed by atoms with Crippen molar-refractivity contribution >= 4 is 5.97 Å². The van der Waals surface area contributed by atoms with Crippen molar-refractivity contribution in [3.63, 3.8) is 0 Å². The number of aryl methyl sites for hydroxylation is 1. The molecule has 0 radical (unpaired) electrons. The zero-order chi connectivity index (χ0) is 27.3. The maximum absolute atomic E-state index is 11.2. The lowest BCUT2D eigenvalue weighted by molar-refractivity contribution is 0.0693. The number of benzene rings is 4. The summed E-state index contributed by atoms with van der Waals surface area (Å²) in [5, 5.41) is 18.8. The average Bonchev–Trinajstić information content (AvgIpc) is 2.96. The molecule has 0 unspecified atom stereocenters. The highest BCUT2D eigenvalue weighted by atomic mass is 16.5. The summed E-state index contributed by atoms with van der Waals surface area (Å²) in [5.41, 5.74) is 3.17. The van der Waals surface area contributed by atoms with Gasteiger partial charge in [0.25, 0.3) is 0 Å². The van der Waals surface area contributed by atoms with Crippen LogP contribution in [-0.4, -0.2) is 22.8 Å². The number of carbonyl (C=O) groups is 1. The molecule has 4 rings (SSSR count). The molecule has 6 heteroatoms. The molecule has 0 amide bonds. The van der Waals surface area contributed by atoms with Gasteiger partial charge in [-0.05, 0) is 60.2 Å². The van der Waals surface area contributed by atoms with Crippen LogP contribution in [0, 0.1) is 0 Å². The fourth-order valence-electron chi connectivity index (χ4n) is 4.24. The maximum atomic E-state index is 11.2. The summed E-state index contributed by atoms with van der Waals surface area (Å²) >= 11 is 0. The number of hydrogen-bond donors (Lipinski definition) is 2. The molecule has 0 atom stereocenters. The molecule has 0 bridgehead atoms. The van der Waals surface area contributed by atoms with Gasteiger partial charge in [-0.15, -0.1) is 0 Å². The number of rotatable bonds is 15. The topological polar surface area (TPSA) is 85.2 Å². The molecule has 39 heavy (non-hydrogen) atoms. The Hall–Kier alpha value is -4.45. The number of unbranched alkanes of at least 4 members (excludes halogenated alkanes) is 3. The van der Waals surface area contributed by atoms with Crippen LogP contribution in [0.3, 0.4) is 0 Å². The second kappa shape index (κ2) is 14.5. The number of aromatic carboxylic acids is 1. The molecule has 0 aromatic heterocycles. The van der Waals surface area contributed by atoms with Gasteiger partial charge in [-0.2, -0.15) is 0 Å². The molecule has 6 nitrogen and oxygen atoms in total. The summed E-state index contributed by atoms with van der Waals surface area (Å²) in [4.78, 5) is 11.2. The lowest BCUT2D eigenvalue weighted by Gasteiger charge is -2.17. The van der Waals surface area contributed by atoms with E-state index in [4.69, 9.17) is 19.3 Å². The third kappa shape index (κ3) is 8.54. The third-order valence-corrected chi connectivity index (χ3v) is 6.33. The Morgan fingerprint density at radius 1 is 0.667 bits per heavy atom. The van der Waals surface area contributed by atoms with E-state index in [0.717, 1.165) is 60.3 Å². The number of hydrogen-bond acceptors (Lipinski definition) is 5. The molecule has 0 saturated carbocycles. The van der Waals surface area contributed by atoms with Gasteiger partial charge in [-0.1, -0.05) is 85.6 Å². The standard InChI is InChI=1S/C33H34O6/c34-30-20-19-28(22-29(30)33(35)36)37-21-10-2-1-9-16-27-17-11-18-31(38-23-25-12-5-3-6-13-25)32(27)39-24-26-14-7-4-8-15-26/h3-8,11-15,17-20,22,34H,1-2,9-10,16,21,23-24H2,(H,35,36). The van der Waals surface area contributed by atoms with E-state index >= 15 is 0 Å². The van der Waals surface area contributed by atoms with Gasteiger partial charge >= 0.3 is 5.97 Å². The molecule has 0 heterocycles. The highest BCUT2D eigenvalue weighted by Crippen LogP contribution is 2.34. The summed E-state index contributed by atoms with van der Waals surface area (Å²) in [6.07, 6.45) is 4.71. The molecule has 0 aliphatic heterocycles. The number of carboxylic acids is 1.